The maximum absolute atomic E-state index is 16.0. The number of carboxylic acid groups (broad SMARTS) is 2. The molecule has 2 amide bonds. The van der Waals surface area contributed by atoms with Gasteiger partial charge in [0.1, 0.15) is 42.0 Å². The van der Waals surface area contributed by atoms with E-state index in [1.807, 2.05) is 123 Å². The molecule has 3 saturated carbocycles. The quantitative estimate of drug-likeness (QED) is 0.0671. The van der Waals surface area contributed by atoms with Crippen molar-refractivity contribution in [2.45, 2.75) is 71.9 Å². The molecule has 3 aliphatic carbocycles. The highest BCUT2D eigenvalue weighted by Crippen LogP contribution is 2.57. The summed E-state index contributed by atoms with van der Waals surface area (Å²) < 4.78 is 11.9. The van der Waals surface area contributed by atoms with E-state index < -0.39 is 41.0 Å². The van der Waals surface area contributed by atoms with Crippen molar-refractivity contribution in [1.29, 1.82) is 0 Å². The molecule has 4 atom stereocenters. The molecular formula is C48H56N2O8+2. The smallest absolute Gasteiger partial charge is 0.334 e. The van der Waals surface area contributed by atoms with E-state index in [0.29, 0.717) is 62.0 Å². The number of quaternary nitrogens is 2. The summed E-state index contributed by atoms with van der Waals surface area (Å²) in [5.74, 6) is -3.46. The number of benzene rings is 4. The number of carboxylic acids is 2. The van der Waals surface area contributed by atoms with Crippen molar-refractivity contribution < 1.29 is 47.8 Å². The number of hydrogen-bond acceptors (Lipinski definition) is 6. The largest absolute Gasteiger partial charge is 0.481 e. The molecule has 0 aromatic heterocycles. The summed E-state index contributed by atoms with van der Waals surface area (Å²) in [6.07, 6.45) is 4.70. The minimum atomic E-state index is -2.03. The van der Waals surface area contributed by atoms with Crippen LogP contribution in [0.2, 0.25) is 0 Å². The van der Waals surface area contributed by atoms with Gasteiger partial charge in [-0.3, -0.25) is 18.6 Å². The van der Waals surface area contributed by atoms with Crippen molar-refractivity contribution in [3.63, 3.8) is 0 Å². The van der Waals surface area contributed by atoms with Gasteiger partial charge in [0.15, 0.2) is 0 Å². The van der Waals surface area contributed by atoms with Crippen LogP contribution in [0.4, 0.5) is 0 Å². The van der Waals surface area contributed by atoms with Gasteiger partial charge >= 0.3 is 23.8 Å². The number of aliphatic carboxylic acids is 2. The number of carbonyl (C=O) groups is 4. The van der Waals surface area contributed by atoms with Gasteiger partial charge in [0.05, 0.1) is 32.1 Å². The first kappa shape index (κ1) is 40.9. The van der Waals surface area contributed by atoms with Gasteiger partial charge in [-0.1, -0.05) is 50.2 Å². The van der Waals surface area contributed by atoms with Crippen molar-refractivity contribution in [3.8, 4) is 23.0 Å². The molecule has 0 spiro atoms. The maximum Gasteiger partial charge on any atom is 0.334 e. The van der Waals surface area contributed by atoms with Gasteiger partial charge in [0, 0.05) is 23.0 Å². The van der Waals surface area contributed by atoms with E-state index in [4.69, 9.17) is 9.47 Å². The van der Waals surface area contributed by atoms with Gasteiger partial charge in [-0.25, -0.2) is 9.59 Å². The summed E-state index contributed by atoms with van der Waals surface area (Å²) in [5.41, 5.74) is -0.316. The fourth-order valence-corrected chi connectivity index (χ4v) is 9.47. The fourth-order valence-electron chi connectivity index (χ4n) is 9.47. The van der Waals surface area contributed by atoms with E-state index in [2.05, 4.69) is 0 Å². The molecule has 7 rings (SSSR count). The van der Waals surface area contributed by atoms with Gasteiger partial charge in [0.2, 0.25) is 5.41 Å². The van der Waals surface area contributed by atoms with E-state index in [1.54, 1.807) is 0 Å². The normalized spacial score (nSPS) is 20.4. The molecule has 0 unspecified atom stereocenters. The average molecular weight is 789 g/mol. The van der Waals surface area contributed by atoms with Crippen LogP contribution in [0, 0.1) is 29.1 Å². The minimum absolute atomic E-state index is 0.108. The van der Waals surface area contributed by atoms with Crippen LogP contribution in [0.3, 0.4) is 0 Å². The van der Waals surface area contributed by atoms with E-state index in [1.165, 1.54) is 0 Å². The Morgan fingerprint density at radius 3 is 1.28 bits per heavy atom. The molecule has 0 heterocycles. The van der Waals surface area contributed by atoms with Crippen molar-refractivity contribution >= 4 is 23.8 Å². The Balaban J connectivity index is 1.28. The monoisotopic (exact) mass is 788 g/mol. The van der Waals surface area contributed by atoms with E-state index >= 15 is 9.59 Å². The van der Waals surface area contributed by atoms with Crippen LogP contribution in [-0.4, -0.2) is 69.1 Å². The van der Waals surface area contributed by atoms with Crippen LogP contribution in [-0.2, 0) is 32.3 Å². The number of rotatable bonds is 20. The summed E-state index contributed by atoms with van der Waals surface area (Å²) >= 11 is 0. The molecule has 10 heteroatoms. The lowest BCUT2D eigenvalue weighted by atomic mass is 9.51. The molecule has 3 fully saturated rings. The Hall–Kier alpha value is -5.32. The van der Waals surface area contributed by atoms with Crippen molar-refractivity contribution in [3.05, 3.63) is 120 Å². The maximum atomic E-state index is 16.0. The topological polar surface area (TPSA) is 127 Å². The second-order valence-electron chi connectivity index (χ2n) is 17.0. The van der Waals surface area contributed by atoms with E-state index in [9.17, 15) is 19.8 Å². The first-order chi connectivity index (χ1) is 28.0. The average Bonchev–Trinajstić information content (AvgIpc) is 4.15. The lowest BCUT2D eigenvalue weighted by Gasteiger charge is -2.53. The predicted molar refractivity (Wildman–Crippen MR) is 219 cm³/mol. The summed E-state index contributed by atoms with van der Waals surface area (Å²) in [5, 5.41) is 21.3. The Kier molecular flexibility index (Phi) is 12.2. The van der Waals surface area contributed by atoms with Gasteiger partial charge in [-0.05, 0) is 118 Å². The standard InChI is InChI=1S/C48H54N2O8/c1-3-27-49(30-34-15-16-34,32-36-19-23-40(24-20-36)57-38-11-7-5-8-12-38)46(55)48(29-42(44(51)52)43(48)45(53)54)47(56)50(28-4-2,31-35-17-18-35)33-37-21-25-41(26-22-37)58-39-13-9-6-10-14-39/h5-14,19-26,34-35,42-43H,3-4,15-18,27-33H2,1-2H3/p+2/t42-,43-,49+,50+/m1/s1. The van der Waals surface area contributed by atoms with E-state index in [-0.39, 0.29) is 40.3 Å². The third kappa shape index (κ3) is 8.73. The summed E-state index contributed by atoms with van der Waals surface area (Å²) in [7, 11) is 0. The molecule has 2 N–H and O–H groups in total. The second kappa shape index (κ2) is 17.3. The van der Waals surface area contributed by atoms with Crippen LogP contribution in [0.1, 0.15) is 69.9 Å². The number of amides is 2. The summed E-state index contributed by atoms with van der Waals surface area (Å²) in [6, 6.07) is 34.1. The zero-order chi connectivity index (χ0) is 40.9. The Morgan fingerprint density at radius 1 is 0.569 bits per heavy atom. The Morgan fingerprint density at radius 2 is 0.948 bits per heavy atom. The molecular weight excluding hydrogens is 733 g/mol. The number of hydrogen-bond donors (Lipinski definition) is 2. The molecule has 4 aromatic rings. The second-order valence-corrected chi connectivity index (χ2v) is 17.0. The number of para-hydroxylation sites is 2. The molecule has 4 aromatic carbocycles. The van der Waals surface area contributed by atoms with Crippen LogP contribution >= 0.6 is 0 Å². The first-order valence-corrected chi connectivity index (χ1v) is 20.9. The molecule has 3 aliphatic rings. The van der Waals surface area contributed by atoms with Crippen LogP contribution < -0.4 is 9.47 Å². The zero-order valence-electron chi connectivity index (χ0n) is 33.6. The molecule has 0 saturated heterocycles. The van der Waals surface area contributed by atoms with Crippen LogP contribution in [0.5, 0.6) is 23.0 Å². The molecule has 304 valence electrons. The molecule has 10 nitrogen and oxygen atoms in total. The highest BCUT2D eigenvalue weighted by atomic mass is 16.5. The Bertz CT molecular complexity index is 1940. The fraction of sp³-hybridized carbons (Fsp3) is 0.417. The van der Waals surface area contributed by atoms with Gasteiger partial charge < -0.3 is 19.7 Å². The summed E-state index contributed by atoms with van der Waals surface area (Å²) in [6.45, 7) is 6.25. The molecule has 0 aliphatic heterocycles. The van der Waals surface area contributed by atoms with Crippen molar-refractivity contribution in [2.24, 2.45) is 29.1 Å². The molecule has 58 heavy (non-hydrogen) atoms. The Labute approximate surface area is 341 Å². The van der Waals surface area contributed by atoms with Crippen LogP contribution in [0.25, 0.3) is 0 Å². The molecule has 0 bridgehead atoms. The van der Waals surface area contributed by atoms with Crippen molar-refractivity contribution in [2.75, 3.05) is 26.2 Å². The van der Waals surface area contributed by atoms with Gasteiger partial charge in [0.25, 0.3) is 0 Å². The zero-order valence-corrected chi connectivity index (χ0v) is 33.6. The lowest BCUT2D eigenvalue weighted by Crippen LogP contribution is -2.75. The highest BCUT2D eigenvalue weighted by Gasteiger charge is 2.77. The van der Waals surface area contributed by atoms with Gasteiger partial charge in [-0.15, -0.1) is 0 Å². The SMILES string of the molecule is CCC[N@@+](Cc1ccc(Oc2ccccc2)cc1)(CC1CC1)C(=O)C1(C(=O)[N@+](CCC)(Cc2ccc(Oc3ccccc3)cc2)CC2CC2)C[C@@H](C(=O)O)[C@@H]1C(=O)O. The lowest BCUT2D eigenvalue weighted by molar-refractivity contribution is -0.884. The number of nitrogens with zero attached hydrogens (tertiary/aromatic N) is 2. The van der Waals surface area contributed by atoms with Crippen LogP contribution in [0.15, 0.2) is 109 Å². The predicted octanol–water partition coefficient (Wildman–Crippen LogP) is 9.09. The van der Waals surface area contributed by atoms with Crippen molar-refractivity contribution in [1.82, 2.24) is 0 Å². The first-order valence-electron chi connectivity index (χ1n) is 20.9. The minimum Gasteiger partial charge on any atom is -0.481 e. The summed E-state index contributed by atoms with van der Waals surface area (Å²) in [4.78, 5) is 58.2. The number of ether oxygens (including phenoxy) is 2. The number of carbonyl (C=O) groups excluding carboxylic acids is 2. The third-order valence-electron chi connectivity index (χ3n) is 12.4. The van der Waals surface area contributed by atoms with Gasteiger partial charge in [-0.2, -0.15) is 0 Å². The highest BCUT2D eigenvalue weighted by molar-refractivity contribution is 6.07. The van der Waals surface area contributed by atoms with E-state index in [0.717, 1.165) is 36.8 Å². The third-order valence-corrected chi connectivity index (χ3v) is 12.4. The molecule has 0 radical (unpaired) electrons.